The number of aliphatic hydroxyl groups is 1. The molecule has 2 N–H and O–H groups in total. The molecule has 0 amide bonds. The van der Waals surface area contributed by atoms with Gasteiger partial charge in [-0.15, -0.1) is 0 Å². The normalized spacial score (nSPS) is 13.2. The first-order chi connectivity index (χ1) is 7.76. The molecule has 0 radical (unpaired) electrons. The Hall–Kier alpha value is -1.35. The van der Waals surface area contributed by atoms with Crippen molar-refractivity contribution in [3.63, 3.8) is 0 Å². The highest BCUT2D eigenvalue weighted by molar-refractivity contribution is 5.81. The van der Waals surface area contributed by atoms with Gasteiger partial charge in [0.15, 0.2) is 0 Å². The van der Waals surface area contributed by atoms with E-state index >= 15 is 0 Å². The van der Waals surface area contributed by atoms with E-state index < -0.39 is 0 Å². The van der Waals surface area contributed by atoms with Crippen LogP contribution >= 0.6 is 0 Å². The predicted octanol–water partition coefficient (Wildman–Crippen LogP) is 3.18. The molecule has 1 aromatic carbocycles. The fourth-order valence-corrected chi connectivity index (χ4v) is 2.10. The molecule has 1 atom stereocenters. The number of halogens is 1. The van der Waals surface area contributed by atoms with Crippen LogP contribution in [-0.2, 0) is 0 Å². The van der Waals surface area contributed by atoms with Gasteiger partial charge in [0.05, 0.1) is 5.52 Å². The maximum atomic E-state index is 13.5. The number of hydrogen-bond acceptors (Lipinski definition) is 1. The van der Waals surface area contributed by atoms with Crippen molar-refractivity contribution in [2.45, 2.75) is 25.7 Å². The van der Waals surface area contributed by atoms with Gasteiger partial charge in [-0.25, -0.2) is 4.39 Å². The summed E-state index contributed by atoms with van der Waals surface area (Å²) in [4.78, 5) is 3.11. The number of fused-ring (bicyclic) bond motifs is 1. The van der Waals surface area contributed by atoms with E-state index in [1.54, 1.807) is 6.07 Å². The minimum atomic E-state index is -0.220. The number of H-pyrrole nitrogens is 1. The van der Waals surface area contributed by atoms with Crippen LogP contribution in [0.2, 0.25) is 0 Å². The van der Waals surface area contributed by atoms with Crippen molar-refractivity contribution in [1.82, 2.24) is 4.98 Å². The summed E-state index contributed by atoms with van der Waals surface area (Å²) in [7, 11) is 0. The predicted molar refractivity (Wildman–Crippen MR) is 63.0 cm³/mol. The van der Waals surface area contributed by atoms with Crippen LogP contribution in [0.25, 0.3) is 10.9 Å². The maximum absolute atomic E-state index is 13.5. The van der Waals surface area contributed by atoms with Gasteiger partial charge in [0.25, 0.3) is 0 Å². The van der Waals surface area contributed by atoms with Gasteiger partial charge >= 0.3 is 0 Å². The number of para-hydroxylation sites is 1. The van der Waals surface area contributed by atoms with Gasteiger partial charge in [0.1, 0.15) is 5.82 Å². The van der Waals surface area contributed by atoms with Gasteiger partial charge < -0.3 is 10.1 Å². The van der Waals surface area contributed by atoms with E-state index in [4.69, 9.17) is 5.11 Å². The Morgan fingerprint density at radius 1 is 1.44 bits per heavy atom. The van der Waals surface area contributed by atoms with E-state index in [9.17, 15) is 4.39 Å². The molecule has 1 unspecified atom stereocenters. The zero-order valence-corrected chi connectivity index (χ0v) is 9.33. The van der Waals surface area contributed by atoms with Gasteiger partial charge in [-0.2, -0.15) is 0 Å². The van der Waals surface area contributed by atoms with Crippen LogP contribution < -0.4 is 0 Å². The highest BCUT2D eigenvalue weighted by Crippen LogP contribution is 2.27. The first kappa shape index (κ1) is 11.1. The summed E-state index contributed by atoms with van der Waals surface area (Å²) in [5.74, 6) is 0.0550. The summed E-state index contributed by atoms with van der Waals surface area (Å²) in [6.07, 6.45) is 1.65. The van der Waals surface area contributed by atoms with Crippen molar-refractivity contribution >= 4 is 10.9 Å². The molecule has 2 rings (SSSR count). The molecular formula is C13H16FNO. The second-order valence-electron chi connectivity index (χ2n) is 4.05. The van der Waals surface area contributed by atoms with E-state index in [1.807, 2.05) is 12.1 Å². The lowest BCUT2D eigenvalue weighted by Crippen LogP contribution is -2.00. The number of aromatic amines is 1. The molecule has 2 nitrogen and oxygen atoms in total. The number of aliphatic hydroxyl groups excluding tert-OH is 1. The molecule has 16 heavy (non-hydrogen) atoms. The number of benzene rings is 1. The number of rotatable bonds is 4. The molecule has 0 fully saturated rings. The maximum Gasteiger partial charge on any atom is 0.147 e. The van der Waals surface area contributed by atoms with Crippen molar-refractivity contribution in [2.24, 2.45) is 0 Å². The molecule has 0 saturated heterocycles. The minimum absolute atomic E-state index is 0.163. The minimum Gasteiger partial charge on any atom is -0.396 e. The zero-order chi connectivity index (χ0) is 11.5. The van der Waals surface area contributed by atoms with E-state index in [-0.39, 0.29) is 18.3 Å². The Balaban J connectivity index is 2.42. The smallest absolute Gasteiger partial charge is 0.147 e. The lowest BCUT2D eigenvalue weighted by atomic mass is 9.99. The summed E-state index contributed by atoms with van der Waals surface area (Å²) in [5, 5.41) is 9.87. The molecular weight excluding hydrogens is 205 g/mol. The van der Waals surface area contributed by atoms with Crippen molar-refractivity contribution in [2.75, 3.05) is 6.61 Å². The third kappa shape index (κ3) is 1.95. The van der Waals surface area contributed by atoms with E-state index in [0.29, 0.717) is 11.9 Å². The molecule has 0 aliphatic rings. The largest absolute Gasteiger partial charge is 0.396 e. The fourth-order valence-electron chi connectivity index (χ4n) is 2.10. The third-order valence-electron chi connectivity index (χ3n) is 3.04. The average molecular weight is 221 g/mol. The molecule has 0 aliphatic carbocycles. The summed E-state index contributed by atoms with van der Waals surface area (Å²) >= 11 is 0. The lowest BCUT2D eigenvalue weighted by molar-refractivity contribution is 0.273. The lowest BCUT2D eigenvalue weighted by Gasteiger charge is -2.10. The molecule has 0 spiro atoms. The molecule has 0 bridgehead atoms. The van der Waals surface area contributed by atoms with E-state index in [1.165, 1.54) is 6.07 Å². The molecule has 3 heteroatoms. The van der Waals surface area contributed by atoms with Crippen molar-refractivity contribution < 1.29 is 9.50 Å². The molecule has 0 aliphatic heterocycles. The first-order valence-electron chi connectivity index (χ1n) is 5.64. The summed E-state index contributed by atoms with van der Waals surface area (Å²) in [6.45, 7) is 2.23. The quantitative estimate of drug-likeness (QED) is 0.817. The van der Waals surface area contributed by atoms with Crippen molar-refractivity contribution in [3.8, 4) is 0 Å². The second kappa shape index (κ2) is 4.66. The van der Waals surface area contributed by atoms with Crippen LogP contribution in [0.5, 0.6) is 0 Å². The van der Waals surface area contributed by atoms with Gasteiger partial charge in [0.2, 0.25) is 0 Å². The van der Waals surface area contributed by atoms with Gasteiger partial charge in [-0.3, -0.25) is 0 Å². The van der Waals surface area contributed by atoms with E-state index in [0.717, 1.165) is 17.5 Å². The Bertz CT molecular complexity index is 478. The SMILES string of the molecule is CCC(CCO)c1cc2cccc(F)c2[nH]1. The summed E-state index contributed by atoms with van der Waals surface area (Å²) in [5.41, 5.74) is 1.57. The van der Waals surface area contributed by atoms with Gasteiger partial charge in [-0.1, -0.05) is 19.1 Å². The molecule has 2 aromatic rings. The number of nitrogens with one attached hydrogen (secondary N) is 1. The second-order valence-corrected chi connectivity index (χ2v) is 4.05. The van der Waals surface area contributed by atoms with Crippen LogP contribution in [0.15, 0.2) is 24.3 Å². The monoisotopic (exact) mass is 221 g/mol. The average Bonchev–Trinajstić information content (AvgIpc) is 2.71. The van der Waals surface area contributed by atoms with Crippen LogP contribution in [0.3, 0.4) is 0 Å². The molecule has 0 saturated carbocycles. The molecule has 1 heterocycles. The van der Waals surface area contributed by atoms with Crippen molar-refractivity contribution in [3.05, 3.63) is 35.8 Å². The van der Waals surface area contributed by atoms with Crippen LogP contribution in [-0.4, -0.2) is 16.7 Å². The van der Waals surface area contributed by atoms with E-state index in [2.05, 4.69) is 11.9 Å². The summed E-state index contributed by atoms with van der Waals surface area (Å²) in [6, 6.07) is 7.03. The summed E-state index contributed by atoms with van der Waals surface area (Å²) < 4.78 is 13.5. The van der Waals surface area contributed by atoms with Crippen LogP contribution in [0.4, 0.5) is 4.39 Å². The van der Waals surface area contributed by atoms with Gasteiger partial charge in [0, 0.05) is 23.6 Å². The number of hydrogen-bond donors (Lipinski definition) is 2. The Morgan fingerprint density at radius 3 is 2.88 bits per heavy atom. The van der Waals surface area contributed by atoms with Gasteiger partial charge in [-0.05, 0) is 25.0 Å². The van der Waals surface area contributed by atoms with Crippen molar-refractivity contribution in [1.29, 1.82) is 0 Å². The Kier molecular flexibility index (Phi) is 3.25. The highest BCUT2D eigenvalue weighted by Gasteiger charge is 2.12. The third-order valence-corrected chi connectivity index (χ3v) is 3.04. The van der Waals surface area contributed by atoms with Crippen LogP contribution in [0.1, 0.15) is 31.4 Å². The highest BCUT2D eigenvalue weighted by atomic mass is 19.1. The fraction of sp³-hybridized carbons (Fsp3) is 0.385. The Morgan fingerprint density at radius 2 is 2.25 bits per heavy atom. The number of aromatic nitrogens is 1. The molecule has 86 valence electrons. The topological polar surface area (TPSA) is 36.0 Å². The molecule has 1 aromatic heterocycles. The standard InChI is InChI=1S/C13H16FNO/c1-2-9(6-7-16)12-8-10-4-3-5-11(14)13(10)15-12/h3-5,8-9,15-16H,2,6-7H2,1H3. The Labute approximate surface area is 94.1 Å². The first-order valence-corrected chi connectivity index (χ1v) is 5.64. The van der Waals surface area contributed by atoms with Crippen LogP contribution in [0, 0.1) is 5.82 Å². The zero-order valence-electron chi connectivity index (χ0n) is 9.33.